The first kappa shape index (κ1) is 18.0. The highest BCUT2D eigenvalue weighted by molar-refractivity contribution is 6.31. The van der Waals surface area contributed by atoms with E-state index in [9.17, 15) is 14.0 Å². The number of halogens is 2. The third kappa shape index (κ3) is 3.28. The molecule has 0 aliphatic carbocycles. The van der Waals surface area contributed by atoms with Gasteiger partial charge in [0, 0.05) is 22.8 Å². The van der Waals surface area contributed by atoms with E-state index in [1.165, 1.54) is 29.2 Å². The van der Waals surface area contributed by atoms with Gasteiger partial charge < -0.3 is 10.1 Å². The van der Waals surface area contributed by atoms with E-state index < -0.39 is 23.9 Å². The highest BCUT2D eigenvalue weighted by Gasteiger charge is 2.38. The van der Waals surface area contributed by atoms with Gasteiger partial charge in [-0.05, 0) is 26.0 Å². The van der Waals surface area contributed by atoms with Crippen molar-refractivity contribution in [3.63, 3.8) is 0 Å². The van der Waals surface area contributed by atoms with Gasteiger partial charge in [0.2, 0.25) is 0 Å². The summed E-state index contributed by atoms with van der Waals surface area (Å²) in [6.45, 7) is 7.23. The molecule has 0 unspecified atom stereocenters. The molecular formula is C17H18ClFN2O3. The van der Waals surface area contributed by atoms with E-state index in [1.54, 1.807) is 13.8 Å². The lowest BCUT2D eigenvalue weighted by Crippen LogP contribution is -2.48. The Bertz CT molecular complexity index is 698. The number of nitrogens with one attached hydrogen (secondary N) is 1. The molecule has 2 amide bonds. The van der Waals surface area contributed by atoms with Gasteiger partial charge in [-0.15, -0.1) is 6.58 Å². The average molecular weight is 353 g/mol. The largest absolute Gasteiger partial charge is 0.463 e. The third-order valence-electron chi connectivity index (χ3n) is 3.69. The number of hydrogen-bond acceptors (Lipinski definition) is 3. The van der Waals surface area contributed by atoms with Crippen molar-refractivity contribution in [1.82, 2.24) is 10.2 Å². The minimum atomic E-state index is -1.02. The molecule has 5 nitrogen and oxygen atoms in total. The lowest BCUT2D eigenvalue weighted by atomic mass is 9.94. The van der Waals surface area contributed by atoms with Crippen molar-refractivity contribution < 1.29 is 18.7 Å². The number of carbonyl (C=O) groups is 2. The van der Waals surface area contributed by atoms with E-state index in [4.69, 9.17) is 16.3 Å². The number of allylic oxidation sites excluding steroid dienone is 1. The molecule has 0 fully saturated rings. The molecule has 1 heterocycles. The molecule has 0 saturated carbocycles. The molecule has 1 aliphatic heterocycles. The van der Waals surface area contributed by atoms with Crippen LogP contribution >= 0.6 is 11.6 Å². The Labute approximate surface area is 144 Å². The molecule has 2 rings (SSSR count). The van der Waals surface area contributed by atoms with Crippen molar-refractivity contribution in [3.8, 4) is 0 Å². The molecule has 0 saturated heterocycles. The van der Waals surface area contributed by atoms with Gasteiger partial charge in [0.1, 0.15) is 5.82 Å². The zero-order valence-corrected chi connectivity index (χ0v) is 14.2. The molecule has 24 heavy (non-hydrogen) atoms. The van der Waals surface area contributed by atoms with Crippen LogP contribution in [0.3, 0.4) is 0 Å². The topological polar surface area (TPSA) is 58.6 Å². The van der Waals surface area contributed by atoms with Crippen LogP contribution in [-0.2, 0) is 9.53 Å². The van der Waals surface area contributed by atoms with Gasteiger partial charge in [0.15, 0.2) is 0 Å². The first-order chi connectivity index (χ1) is 11.4. The molecule has 1 atom stereocenters. The number of ether oxygens (including phenoxy) is 1. The van der Waals surface area contributed by atoms with Crippen LogP contribution in [-0.4, -0.2) is 30.1 Å². The highest BCUT2D eigenvalue weighted by atomic mass is 35.5. The predicted octanol–water partition coefficient (Wildman–Crippen LogP) is 3.57. The SMILES string of the molecule is C=CCN1C(=O)N[C@@H](c2c(F)cccc2Cl)C(C(=O)OCC)=C1C. The standard InChI is InChI=1S/C17H18ClFN2O3/c1-4-9-21-10(3)13(16(22)24-5-2)15(20-17(21)23)14-11(18)7-6-8-12(14)19/h4,6-8,15H,1,5,9H2,2-3H3,(H,20,23)/t15-/m1/s1. The van der Waals surface area contributed by atoms with Gasteiger partial charge in [-0.25, -0.2) is 14.0 Å². The fourth-order valence-electron chi connectivity index (χ4n) is 2.61. The number of nitrogens with zero attached hydrogens (tertiary/aromatic N) is 1. The Morgan fingerprint density at radius 3 is 2.83 bits per heavy atom. The number of hydrogen-bond donors (Lipinski definition) is 1. The molecule has 0 bridgehead atoms. The van der Waals surface area contributed by atoms with Crippen LogP contribution in [0.4, 0.5) is 9.18 Å². The van der Waals surface area contributed by atoms with E-state index in [2.05, 4.69) is 11.9 Å². The predicted molar refractivity (Wildman–Crippen MR) is 88.9 cm³/mol. The first-order valence-electron chi connectivity index (χ1n) is 7.43. The van der Waals surface area contributed by atoms with Gasteiger partial charge in [0.05, 0.1) is 18.2 Å². The maximum Gasteiger partial charge on any atom is 0.338 e. The molecule has 0 spiro atoms. The minimum absolute atomic E-state index is 0.0353. The summed E-state index contributed by atoms with van der Waals surface area (Å²) >= 11 is 6.11. The molecule has 7 heteroatoms. The second kappa shape index (κ2) is 7.49. The number of rotatable bonds is 5. The summed E-state index contributed by atoms with van der Waals surface area (Å²) in [5.74, 6) is -1.24. The Morgan fingerprint density at radius 1 is 1.54 bits per heavy atom. The second-order valence-electron chi connectivity index (χ2n) is 5.14. The van der Waals surface area contributed by atoms with Crippen molar-refractivity contribution in [3.05, 3.63) is 58.5 Å². The van der Waals surface area contributed by atoms with Crippen molar-refractivity contribution in [2.24, 2.45) is 0 Å². The van der Waals surface area contributed by atoms with Gasteiger partial charge in [-0.1, -0.05) is 23.7 Å². The zero-order valence-electron chi connectivity index (χ0n) is 13.4. The zero-order chi connectivity index (χ0) is 17.9. The van der Waals surface area contributed by atoms with Crippen LogP contribution in [0.25, 0.3) is 0 Å². The first-order valence-corrected chi connectivity index (χ1v) is 7.80. The molecule has 0 aromatic heterocycles. The summed E-state index contributed by atoms with van der Waals surface area (Å²) in [6.07, 6.45) is 1.53. The number of esters is 1. The Balaban J connectivity index is 2.63. The summed E-state index contributed by atoms with van der Waals surface area (Å²) in [7, 11) is 0. The molecule has 1 aromatic carbocycles. The number of amides is 2. The van der Waals surface area contributed by atoms with Crippen LogP contribution in [0.2, 0.25) is 5.02 Å². The van der Waals surface area contributed by atoms with Crippen LogP contribution in [0.1, 0.15) is 25.5 Å². The molecule has 128 valence electrons. The number of carbonyl (C=O) groups excluding carboxylic acids is 2. The van der Waals surface area contributed by atoms with Crippen molar-refractivity contribution in [2.75, 3.05) is 13.2 Å². The molecule has 1 aromatic rings. The van der Waals surface area contributed by atoms with Gasteiger partial charge in [0.25, 0.3) is 0 Å². The summed E-state index contributed by atoms with van der Waals surface area (Å²) in [5.41, 5.74) is 0.555. The molecule has 0 radical (unpaired) electrons. The van der Waals surface area contributed by atoms with Crippen LogP contribution in [0.5, 0.6) is 0 Å². The maximum absolute atomic E-state index is 14.3. The second-order valence-corrected chi connectivity index (χ2v) is 5.54. The van der Waals surface area contributed by atoms with E-state index in [0.717, 1.165) is 0 Å². The van der Waals surface area contributed by atoms with E-state index in [0.29, 0.717) is 5.70 Å². The van der Waals surface area contributed by atoms with Crippen molar-refractivity contribution >= 4 is 23.6 Å². The fourth-order valence-corrected chi connectivity index (χ4v) is 2.88. The lowest BCUT2D eigenvalue weighted by Gasteiger charge is -2.35. The van der Waals surface area contributed by atoms with Crippen LogP contribution in [0.15, 0.2) is 42.1 Å². The van der Waals surface area contributed by atoms with E-state index in [-0.39, 0.29) is 29.3 Å². The monoisotopic (exact) mass is 352 g/mol. The van der Waals surface area contributed by atoms with E-state index in [1.807, 2.05) is 0 Å². The molecular weight excluding hydrogens is 335 g/mol. The summed E-state index contributed by atoms with van der Waals surface area (Å²) in [4.78, 5) is 26.1. The summed E-state index contributed by atoms with van der Waals surface area (Å²) < 4.78 is 19.4. The smallest absolute Gasteiger partial charge is 0.338 e. The quantitative estimate of drug-likeness (QED) is 0.651. The highest BCUT2D eigenvalue weighted by Crippen LogP contribution is 2.36. The number of urea groups is 1. The lowest BCUT2D eigenvalue weighted by molar-refractivity contribution is -0.139. The number of benzene rings is 1. The summed E-state index contributed by atoms with van der Waals surface area (Å²) in [5, 5.41) is 2.74. The molecule has 1 N–H and O–H groups in total. The fraction of sp³-hybridized carbons (Fsp3) is 0.294. The Hall–Kier alpha value is -2.34. The Kier molecular flexibility index (Phi) is 5.62. The van der Waals surface area contributed by atoms with Crippen LogP contribution in [0, 0.1) is 5.82 Å². The van der Waals surface area contributed by atoms with Gasteiger partial charge in [-0.3, -0.25) is 4.90 Å². The van der Waals surface area contributed by atoms with E-state index >= 15 is 0 Å². The normalized spacial score (nSPS) is 17.6. The average Bonchev–Trinajstić information content (AvgIpc) is 2.51. The van der Waals surface area contributed by atoms with Gasteiger partial charge in [-0.2, -0.15) is 0 Å². The van der Waals surface area contributed by atoms with Gasteiger partial charge >= 0.3 is 12.0 Å². The third-order valence-corrected chi connectivity index (χ3v) is 4.02. The maximum atomic E-state index is 14.3. The summed E-state index contributed by atoms with van der Waals surface area (Å²) in [6, 6.07) is 2.69. The molecule has 1 aliphatic rings. The minimum Gasteiger partial charge on any atom is -0.463 e. The van der Waals surface area contributed by atoms with Crippen molar-refractivity contribution in [2.45, 2.75) is 19.9 Å². The van der Waals surface area contributed by atoms with Crippen LogP contribution < -0.4 is 5.32 Å². The Morgan fingerprint density at radius 2 is 2.25 bits per heavy atom. The van der Waals surface area contributed by atoms with Crippen molar-refractivity contribution in [1.29, 1.82) is 0 Å².